The van der Waals surface area contributed by atoms with Crippen molar-refractivity contribution in [1.29, 1.82) is 0 Å². The number of nitro benzene ring substituents is 1. The lowest BCUT2D eigenvalue weighted by molar-refractivity contribution is -0.384. The minimum atomic E-state index is -0.561. The van der Waals surface area contributed by atoms with E-state index in [0.29, 0.717) is 10.6 Å². The van der Waals surface area contributed by atoms with Crippen LogP contribution >= 0.6 is 11.6 Å². The zero-order valence-corrected chi connectivity index (χ0v) is 13.5. The maximum atomic E-state index is 11.9. The second-order valence-electron chi connectivity index (χ2n) is 5.11. The fraction of sp³-hybridized carbons (Fsp3) is 0. The third-order valence-electron chi connectivity index (χ3n) is 3.31. The number of nitrogens with zero attached hydrogens (tertiary/aromatic N) is 2. The number of ether oxygens (including phenoxy) is 1. The number of hydrogen-bond acceptors (Lipinski definition) is 5. The molecule has 25 heavy (non-hydrogen) atoms. The second kappa shape index (κ2) is 7.11. The smallest absolute Gasteiger partial charge is 0.363 e. The Kier molecular flexibility index (Phi) is 4.72. The topological polar surface area (TPSA) is 81.8 Å². The van der Waals surface area contributed by atoms with Crippen molar-refractivity contribution in [1.82, 2.24) is 0 Å². The van der Waals surface area contributed by atoms with E-state index in [1.54, 1.807) is 48.6 Å². The lowest BCUT2D eigenvalue weighted by Gasteiger charge is -1.94. The quantitative estimate of drug-likeness (QED) is 0.355. The van der Waals surface area contributed by atoms with Crippen molar-refractivity contribution in [2.75, 3.05) is 0 Å². The van der Waals surface area contributed by atoms with E-state index in [2.05, 4.69) is 4.99 Å². The summed E-state index contributed by atoms with van der Waals surface area (Å²) in [4.78, 5) is 26.3. The summed E-state index contributed by atoms with van der Waals surface area (Å²) < 4.78 is 5.07. The molecule has 2 aromatic rings. The summed E-state index contributed by atoms with van der Waals surface area (Å²) >= 11 is 5.82. The Labute approximate surface area is 147 Å². The van der Waals surface area contributed by atoms with Gasteiger partial charge in [0, 0.05) is 23.2 Å². The maximum Gasteiger partial charge on any atom is 0.363 e. The minimum absolute atomic E-state index is 0.0178. The highest BCUT2D eigenvalue weighted by atomic mass is 35.5. The molecule has 0 unspecified atom stereocenters. The molecule has 0 N–H and O–H groups in total. The van der Waals surface area contributed by atoms with E-state index in [-0.39, 0.29) is 17.3 Å². The number of hydrogen-bond donors (Lipinski definition) is 0. The normalized spacial score (nSPS) is 15.5. The van der Waals surface area contributed by atoms with Crippen LogP contribution in [-0.2, 0) is 9.53 Å². The standard InChI is InChI=1S/C18H11ClN2O4/c19-14-7-4-13(5-8-14)11-16-18(22)25-17(20-16)9-6-12-2-1-3-15(10-12)21(23)24/h1-11H/b9-6+,16-11-. The Morgan fingerprint density at radius 2 is 1.84 bits per heavy atom. The SMILES string of the molecule is O=C1OC(/C=C/c2cccc([N+](=O)[O-])c2)=NC/1=C\c1ccc(Cl)cc1. The summed E-state index contributed by atoms with van der Waals surface area (Å²) in [6, 6.07) is 13.0. The first-order valence-corrected chi connectivity index (χ1v) is 7.60. The molecular weight excluding hydrogens is 344 g/mol. The molecule has 0 saturated heterocycles. The van der Waals surface area contributed by atoms with Gasteiger partial charge in [-0.1, -0.05) is 35.9 Å². The monoisotopic (exact) mass is 354 g/mol. The van der Waals surface area contributed by atoms with Crippen molar-refractivity contribution in [3.8, 4) is 0 Å². The zero-order valence-electron chi connectivity index (χ0n) is 12.8. The van der Waals surface area contributed by atoms with Crippen LogP contribution in [0.5, 0.6) is 0 Å². The molecule has 1 aliphatic heterocycles. The number of rotatable bonds is 4. The van der Waals surface area contributed by atoms with Gasteiger partial charge in [-0.05, 0) is 35.4 Å². The lowest BCUT2D eigenvalue weighted by Crippen LogP contribution is -2.01. The largest absolute Gasteiger partial charge is 0.403 e. The second-order valence-corrected chi connectivity index (χ2v) is 5.54. The number of halogens is 1. The van der Waals surface area contributed by atoms with E-state index >= 15 is 0 Å². The molecule has 0 aliphatic carbocycles. The highest BCUT2D eigenvalue weighted by Gasteiger charge is 2.21. The minimum Gasteiger partial charge on any atom is -0.403 e. The van der Waals surface area contributed by atoms with Crippen LogP contribution in [0.2, 0.25) is 5.02 Å². The summed E-state index contributed by atoms with van der Waals surface area (Å²) in [6.45, 7) is 0. The molecule has 1 heterocycles. The summed E-state index contributed by atoms with van der Waals surface area (Å²) in [7, 11) is 0. The van der Waals surface area contributed by atoms with Gasteiger partial charge in [-0.2, -0.15) is 0 Å². The Morgan fingerprint density at radius 1 is 1.08 bits per heavy atom. The van der Waals surface area contributed by atoms with Crippen molar-refractivity contribution in [2.24, 2.45) is 4.99 Å². The van der Waals surface area contributed by atoms with Crippen molar-refractivity contribution >= 4 is 41.3 Å². The first-order chi connectivity index (χ1) is 12.0. The molecule has 124 valence electrons. The average Bonchev–Trinajstić information content (AvgIpc) is 2.95. The number of nitro groups is 1. The van der Waals surface area contributed by atoms with Crippen LogP contribution in [0.3, 0.4) is 0 Å². The Morgan fingerprint density at radius 3 is 2.56 bits per heavy atom. The van der Waals surface area contributed by atoms with Gasteiger partial charge in [0.2, 0.25) is 5.90 Å². The summed E-state index contributed by atoms with van der Waals surface area (Å²) in [5.74, 6) is -0.439. The molecular formula is C18H11ClN2O4. The summed E-state index contributed by atoms with van der Waals surface area (Å²) in [6.07, 6.45) is 4.66. The Hall–Kier alpha value is -3.25. The van der Waals surface area contributed by atoms with Gasteiger partial charge in [0.15, 0.2) is 5.70 Å². The molecule has 7 heteroatoms. The molecule has 6 nitrogen and oxygen atoms in total. The van der Waals surface area contributed by atoms with Crippen molar-refractivity contribution in [2.45, 2.75) is 0 Å². The third-order valence-corrected chi connectivity index (χ3v) is 3.56. The van der Waals surface area contributed by atoms with Gasteiger partial charge in [-0.3, -0.25) is 10.1 Å². The van der Waals surface area contributed by atoms with Gasteiger partial charge in [0.05, 0.1) is 4.92 Å². The van der Waals surface area contributed by atoms with Gasteiger partial charge in [-0.15, -0.1) is 0 Å². The molecule has 1 aliphatic rings. The predicted octanol–water partition coefficient (Wildman–Crippen LogP) is 4.26. The number of carbonyl (C=O) groups is 1. The lowest BCUT2D eigenvalue weighted by atomic mass is 10.2. The molecule has 0 fully saturated rings. The highest BCUT2D eigenvalue weighted by Crippen LogP contribution is 2.19. The van der Waals surface area contributed by atoms with E-state index in [0.717, 1.165) is 5.56 Å². The predicted molar refractivity (Wildman–Crippen MR) is 95.1 cm³/mol. The van der Waals surface area contributed by atoms with Gasteiger partial charge < -0.3 is 4.74 Å². The maximum absolute atomic E-state index is 11.9. The molecule has 0 atom stereocenters. The van der Waals surface area contributed by atoms with Crippen LogP contribution in [-0.4, -0.2) is 16.8 Å². The summed E-state index contributed by atoms with van der Waals surface area (Å²) in [5, 5.41) is 11.4. The Bertz CT molecular complexity index is 930. The first kappa shape index (κ1) is 16.6. The highest BCUT2D eigenvalue weighted by molar-refractivity contribution is 6.30. The van der Waals surface area contributed by atoms with Gasteiger partial charge >= 0.3 is 5.97 Å². The molecule has 3 rings (SSSR count). The third kappa shape index (κ3) is 4.19. The van der Waals surface area contributed by atoms with E-state index in [9.17, 15) is 14.9 Å². The van der Waals surface area contributed by atoms with Crippen LogP contribution < -0.4 is 0 Å². The molecule has 0 amide bonds. The average molecular weight is 355 g/mol. The van der Waals surface area contributed by atoms with Crippen LogP contribution in [0.1, 0.15) is 11.1 Å². The van der Waals surface area contributed by atoms with E-state index in [1.165, 1.54) is 18.2 Å². The fourth-order valence-corrected chi connectivity index (χ4v) is 2.25. The molecule has 0 bridgehead atoms. The van der Waals surface area contributed by atoms with Crippen molar-refractivity contribution in [3.63, 3.8) is 0 Å². The summed E-state index contributed by atoms with van der Waals surface area (Å²) in [5.41, 5.74) is 1.52. The van der Waals surface area contributed by atoms with Gasteiger partial charge in [-0.25, -0.2) is 9.79 Å². The molecule has 0 aromatic heterocycles. The number of aliphatic imine (C=N–C) groups is 1. The van der Waals surface area contributed by atoms with Gasteiger partial charge in [0.25, 0.3) is 5.69 Å². The fourth-order valence-electron chi connectivity index (χ4n) is 2.12. The van der Waals surface area contributed by atoms with Gasteiger partial charge in [0.1, 0.15) is 0 Å². The number of benzene rings is 2. The number of non-ortho nitro benzene ring substituents is 1. The van der Waals surface area contributed by atoms with Crippen LogP contribution in [0, 0.1) is 10.1 Å². The van der Waals surface area contributed by atoms with E-state index < -0.39 is 10.9 Å². The molecule has 0 spiro atoms. The number of esters is 1. The number of cyclic esters (lactones) is 1. The molecule has 2 aromatic carbocycles. The van der Waals surface area contributed by atoms with Crippen molar-refractivity contribution in [3.05, 3.63) is 86.6 Å². The molecule has 0 radical (unpaired) electrons. The van der Waals surface area contributed by atoms with E-state index in [1.807, 2.05) is 0 Å². The zero-order chi connectivity index (χ0) is 17.8. The number of carbonyl (C=O) groups excluding carboxylic acids is 1. The molecule has 0 saturated carbocycles. The van der Waals surface area contributed by atoms with Crippen LogP contribution in [0.15, 0.2) is 65.3 Å². The van der Waals surface area contributed by atoms with Crippen molar-refractivity contribution < 1.29 is 14.5 Å². The van der Waals surface area contributed by atoms with Crippen LogP contribution in [0.25, 0.3) is 12.2 Å². The Balaban J connectivity index is 1.79. The van der Waals surface area contributed by atoms with Crippen LogP contribution in [0.4, 0.5) is 5.69 Å². The van der Waals surface area contributed by atoms with E-state index in [4.69, 9.17) is 16.3 Å². The first-order valence-electron chi connectivity index (χ1n) is 7.22.